The van der Waals surface area contributed by atoms with Crippen molar-refractivity contribution in [2.45, 2.75) is 19.1 Å². The highest BCUT2D eigenvalue weighted by Gasteiger charge is 2.33. The number of carbonyl (C=O) groups excluding carboxylic acids is 1. The second kappa shape index (κ2) is 4.43. The largest absolute Gasteiger partial charge is 0.388 e. The molecule has 2 N–H and O–H groups in total. The van der Waals surface area contributed by atoms with Crippen molar-refractivity contribution in [1.82, 2.24) is 4.90 Å². The normalized spacial score (nSPS) is 24.1. The first kappa shape index (κ1) is 12.0. The highest BCUT2D eigenvalue weighted by atomic mass is 19.1. The second-order valence-corrected chi connectivity index (χ2v) is 4.30. The number of benzene rings is 1. The summed E-state index contributed by atoms with van der Waals surface area (Å²) in [6.07, 6.45) is -1.81. The number of rotatable bonds is 1. The number of nitrogens with zero attached hydrogens (tertiary/aromatic N) is 1. The van der Waals surface area contributed by atoms with E-state index in [-0.39, 0.29) is 24.8 Å². The van der Waals surface area contributed by atoms with Crippen LogP contribution >= 0.6 is 0 Å². The van der Waals surface area contributed by atoms with E-state index in [0.29, 0.717) is 11.1 Å². The predicted molar refractivity (Wildman–Crippen MR) is 59.1 cm³/mol. The fourth-order valence-corrected chi connectivity index (χ4v) is 1.97. The van der Waals surface area contributed by atoms with E-state index in [4.69, 9.17) is 0 Å². The predicted octanol–water partition coefficient (Wildman–Crippen LogP) is 0.312. The number of likely N-dealkylation sites (tertiary alicyclic amines) is 1. The first-order chi connectivity index (χ1) is 7.99. The SMILES string of the molecule is Cc1cc(F)ccc1C(=O)N1CC(O)C(O)C1. The molecule has 0 aromatic heterocycles. The number of amides is 1. The Bertz CT molecular complexity index is 439. The lowest BCUT2D eigenvalue weighted by molar-refractivity contribution is 0.0572. The van der Waals surface area contributed by atoms with Gasteiger partial charge in [-0.25, -0.2) is 4.39 Å². The van der Waals surface area contributed by atoms with Crippen molar-refractivity contribution in [2.75, 3.05) is 13.1 Å². The molecule has 1 aromatic carbocycles. The number of hydrogen-bond donors (Lipinski definition) is 2. The van der Waals surface area contributed by atoms with Crippen molar-refractivity contribution in [2.24, 2.45) is 0 Å². The van der Waals surface area contributed by atoms with E-state index >= 15 is 0 Å². The van der Waals surface area contributed by atoms with E-state index in [9.17, 15) is 19.4 Å². The van der Waals surface area contributed by atoms with Crippen molar-refractivity contribution < 1.29 is 19.4 Å². The van der Waals surface area contributed by atoms with Crippen molar-refractivity contribution in [3.8, 4) is 0 Å². The third-order valence-electron chi connectivity index (χ3n) is 2.97. The highest BCUT2D eigenvalue weighted by Crippen LogP contribution is 2.17. The molecular weight excluding hydrogens is 225 g/mol. The van der Waals surface area contributed by atoms with Gasteiger partial charge in [0.05, 0.1) is 12.2 Å². The molecule has 92 valence electrons. The Kier molecular flexibility index (Phi) is 3.13. The Labute approximate surface area is 98.3 Å². The average molecular weight is 239 g/mol. The average Bonchev–Trinajstić information content (AvgIpc) is 2.58. The Balaban J connectivity index is 2.20. The number of β-amino-alcohol motifs (C(OH)–C–C–N with tert-alkyl or cyclic N) is 2. The topological polar surface area (TPSA) is 60.8 Å². The summed E-state index contributed by atoms with van der Waals surface area (Å²) in [5, 5.41) is 18.7. The molecule has 1 heterocycles. The molecule has 1 aromatic rings. The maximum Gasteiger partial charge on any atom is 0.254 e. The van der Waals surface area contributed by atoms with Gasteiger partial charge in [0.15, 0.2) is 0 Å². The standard InChI is InChI=1S/C12H14FNO3/c1-7-4-8(13)2-3-9(7)12(17)14-5-10(15)11(16)6-14/h2-4,10-11,15-16H,5-6H2,1H3. The third kappa shape index (κ3) is 2.30. The van der Waals surface area contributed by atoms with Crippen LogP contribution in [0.25, 0.3) is 0 Å². The molecule has 2 unspecified atom stereocenters. The van der Waals surface area contributed by atoms with Gasteiger partial charge in [-0.3, -0.25) is 4.79 Å². The van der Waals surface area contributed by atoms with Crippen LogP contribution in [0, 0.1) is 12.7 Å². The maximum absolute atomic E-state index is 12.9. The summed E-state index contributed by atoms with van der Waals surface area (Å²) in [6.45, 7) is 1.87. The summed E-state index contributed by atoms with van der Waals surface area (Å²) in [6, 6.07) is 3.93. The molecule has 2 atom stereocenters. The van der Waals surface area contributed by atoms with Gasteiger partial charge in [0, 0.05) is 18.7 Å². The first-order valence-electron chi connectivity index (χ1n) is 5.40. The van der Waals surface area contributed by atoms with Gasteiger partial charge in [0.1, 0.15) is 5.82 Å². The summed E-state index contributed by atoms with van der Waals surface area (Å²) >= 11 is 0. The minimum absolute atomic E-state index is 0.108. The van der Waals surface area contributed by atoms with Crippen molar-refractivity contribution in [3.63, 3.8) is 0 Å². The van der Waals surface area contributed by atoms with E-state index in [0.717, 1.165) is 0 Å². The van der Waals surface area contributed by atoms with Gasteiger partial charge in [0.25, 0.3) is 5.91 Å². The lowest BCUT2D eigenvalue weighted by atomic mass is 10.1. The molecule has 1 saturated heterocycles. The lowest BCUT2D eigenvalue weighted by Gasteiger charge is -2.16. The lowest BCUT2D eigenvalue weighted by Crippen LogP contribution is -2.30. The van der Waals surface area contributed by atoms with Gasteiger partial charge >= 0.3 is 0 Å². The Morgan fingerprint density at radius 2 is 1.94 bits per heavy atom. The van der Waals surface area contributed by atoms with Gasteiger partial charge in [0.2, 0.25) is 0 Å². The van der Waals surface area contributed by atoms with E-state index in [2.05, 4.69) is 0 Å². The smallest absolute Gasteiger partial charge is 0.254 e. The van der Waals surface area contributed by atoms with Crippen molar-refractivity contribution in [3.05, 3.63) is 35.1 Å². The van der Waals surface area contributed by atoms with Gasteiger partial charge in [-0.1, -0.05) is 0 Å². The van der Waals surface area contributed by atoms with Crippen molar-refractivity contribution >= 4 is 5.91 Å². The van der Waals surface area contributed by atoms with Crippen molar-refractivity contribution in [1.29, 1.82) is 0 Å². The minimum atomic E-state index is -0.903. The number of aliphatic hydroxyl groups is 2. The third-order valence-corrected chi connectivity index (χ3v) is 2.97. The molecule has 0 bridgehead atoms. The molecule has 0 spiro atoms. The van der Waals surface area contributed by atoms with Gasteiger partial charge in [-0.2, -0.15) is 0 Å². The Morgan fingerprint density at radius 1 is 1.35 bits per heavy atom. The van der Waals surface area contributed by atoms with E-state index in [1.165, 1.54) is 23.1 Å². The molecule has 1 amide bonds. The summed E-state index contributed by atoms with van der Waals surface area (Å²) in [5.41, 5.74) is 0.943. The fourth-order valence-electron chi connectivity index (χ4n) is 1.97. The molecule has 0 aliphatic carbocycles. The molecule has 1 aliphatic rings. The maximum atomic E-state index is 12.9. The number of hydrogen-bond acceptors (Lipinski definition) is 3. The zero-order valence-electron chi connectivity index (χ0n) is 9.43. The molecule has 0 radical (unpaired) electrons. The molecule has 0 saturated carbocycles. The molecule has 17 heavy (non-hydrogen) atoms. The minimum Gasteiger partial charge on any atom is -0.388 e. The first-order valence-corrected chi connectivity index (χ1v) is 5.40. The van der Waals surface area contributed by atoms with Crippen LogP contribution in [0.3, 0.4) is 0 Å². The van der Waals surface area contributed by atoms with E-state index in [1.54, 1.807) is 6.92 Å². The summed E-state index contributed by atoms with van der Waals surface area (Å²) < 4.78 is 12.9. The van der Waals surface area contributed by atoms with Crippen LogP contribution in [0.5, 0.6) is 0 Å². The van der Waals surface area contributed by atoms with Crippen LogP contribution < -0.4 is 0 Å². The van der Waals surface area contributed by atoms with Crippen LogP contribution in [-0.2, 0) is 0 Å². The van der Waals surface area contributed by atoms with Crippen LogP contribution in [-0.4, -0.2) is 46.3 Å². The van der Waals surface area contributed by atoms with Crippen LogP contribution in [0.15, 0.2) is 18.2 Å². The fraction of sp³-hybridized carbons (Fsp3) is 0.417. The Morgan fingerprint density at radius 3 is 2.47 bits per heavy atom. The van der Waals surface area contributed by atoms with Gasteiger partial charge < -0.3 is 15.1 Å². The molecule has 5 heteroatoms. The second-order valence-electron chi connectivity index (χ2n) is 4.30. The quantitative estimate of drug-likeness (QED) is 0.741. The van der Waals surface area contributed by atoms with Gasteiger partial charge in [-0.15, -0.1) is 0 Å². The summed E-state index contributed by atoms with van der Waals surface area (Å²) in [4.78, 5) is 13.4. The van der Waals surface area contributed by atoms with E-state index < -0.39 is 12.2 Å². The molecule has 2 rings (SSSR count). The summed E-state index contributed by atoms with van der Waals surface area (Å²) in [5.74, 6) is -0.682. The molecule has 1 fully saturated rings. The molecular formula is C12H14FNO3. The number of aryl methyl sites for hydroxylation is 1. The van der Waals surface area contributed by atoms with Gasteiger partial charge in [-0.05, 0) is 30.7 Å². The molecule has 4 nitrogen and oxygen atoms in total. The van der Waals surface area contributed by atoms with E-state index in [1.807, 2.05) is 0 Å². The number of halogens is 1. The molecule has 1 aliphatic heterocycles. The zero-order valence-corrected chi connectivity index (χ0v) is 9.43. The summed E-state index contributed by atoms with van der Waals surface area (Å²) in [7, 11) is 0. The highest BCUT2D eigenvalue weighted by molar-refractivity contribution is 5.95. The van der Waals surface area contributed by atoms with Crippen LogP contribution in [0.4, 0.5) is 4.39 Å². The monoisotopic (exact) mass is 239 g/mol. The number of aliphatic hydroxyl groups excluding tert-OH is 2. The van der Waals surface area contributed by atoms with Crippen LogP contribution in [0.2, 0.25) is 0 Å². The zero-order chi connectivity index (χ0) is 12.6. The van der Waals surface area contributed by atoms with Crippen LogP contribution in [0.1, 0.15) is 15.9 Å². The number of carbonyl (C=O) groups is 1. The Hall–Kier alpha value is -1.46.